The van der Waals surface area contributed by atoms with Crippen LogP contribution in [-0.4, -0.2) is 44.3 Å². The van der Waals surface area contributed by atoms with Gasteiger partial charge in [-0.3, -0.25) is 14.4 Å². The van der Waals surface area contributed by atoms with Gasteiger partial charge in [0.05, 0.1) is 5.56 Å². The van der Waals surface area contributed by atoms with Crippen LogP contribution in [0.15, 0.2) is 66.8 Å². The number of benzene rings is 2. The van der Waals surface area contributed by atoms with Gasteiger partial charge in [-0.15, -0.1) is 0 Å². The Morgan fingerprint density at radius 1 is 0.800 bits per heavy atom. The van der Waals surface area contributed by atoms with E-state index in [4.69, 9.17) is 0 Å². The summed E-state index contributed by atoms with van der Waals surface area (Å²) >= 11 is 0. The van der Waals surface area contributed by atoms with Gasteiger partial charge in [-0.1, -0.05) is 60.7 Å². The van der Waals surface area contributed by atoms with Gasteiger partial charge >= 0.3 is 23.9 Å². The van der Waals surface area contributed by atoms with Crippen molar-refractivity contribution in [3.8, 4) is 11.1 Å². The molecule has 4 N–H and O–H groups in total. The highest BCUT2D eigenvalue weighted by atomic mass is 16.4. The Bertz CT molecular complexity index is 1100. The smallest absolute Gasteiger partial charge is 0.336 e. The van der Waals surface area contributed by atoms with E-state index in [0.717, 1.165) is 12.2 Å². The highest BCUT2D eigenvalue weighted by molar-refractivity contribution is 6.07. The van der Waals surface area contributed by atoms with Crippen LogP contribution in [-0.2, 0) is 14.4 Å². The van der Waals surface area contributed by atoms with Gasteiger partial charge in [0.2, 0.25) is 0 Å². The van der Waals surface area contributed by atoms with Crippen molar-refractivity contribution in [1.29, 1.82) is 0 Å². The average molecular weight is 408 g/mol. The second-order valence-electron chi connectivity index (χ2n) is 6.68. The molecule has 8 nitrogen and oxygen atoms in total. The quantitative estimate of drug-likeness (QED) is 0.533. The molecular formula is C22H16O8. The molecule has 1 atom stereocenters. The standard InChI is InChI=1S/C22H16O8/c23-18(24)16-10-13(6-7-15(16)12-4-2-1-3-5-12)14-8-9-22(20(27)28,21(29)30)17(11-14)19(25)26/h1-11,17H,(H,23,24)(H,25,26)(H,27,28)(H,29,30). The van der Waals surface area contributed by atoms with Crippen LogP contribution in [0.2, 0.25) is 0 Å². The Hall–Kier alpha value is -4.20. The third kappa shape index (κ3) is 3.35. The lowest BCUT2D eigenvalue weighted by Gasteiger charge is -2.29. The minimum atomic E-state index is -2.66. The maximum atomic E-state index is 11.8. The van der Waals surface area contributed by atoms with E-state index >= 15 is 0 Å². The first-order valence-electron chi connectivity index (χ1n) is 8.72. The van der Waals surface area contributed by atoms with Crippen molar-refractivity contribution in [2.45, 2.75) is 0 Å². The normalized spacial score (nSPS) is 17.1. The molecule has 0 saturated heterocycles. The summed E-state index contributed by atoms with van der Waals surface area (Å²) in [4.78, 5) is 46.7. The molecule has 3 rings (SSSR count). The molecule has 0 amide bonds. The fraction of sp³-hybridized carbons (Fsp3) is 0.0909. The second kappa shape index (κ2) is 7.67. The number of hydrogen-bond acceptors (Lipinski definition) is 4. The van der Waals surface area contributed by atoms with Crippen molar-refractivity contribution in [2.75, 3.05) is 0 Å². The Morgan fingerprint density at radius 2 is 1.43 bits per heavy atom. The minimum Gasteiger partial charge on any atom is -0.481 e. The van der Waals surface area contributed by atoms with Crippen LogP contribution < -0.4 is 0 Å². The topological polar surface area (TPSA) is 149 Å². The van der Waals surface area contributed by atoms with E-state index in [2.05, 4.69) is 0 Å². The van der Waals surface area contributed by atoms with Crippen LogP contribution in [0, 0.1) is 11.3 Å². The highest BCUT2D eigenvalue weighted by Crippen LogP contribution is 2.40. The van der Waals surface area contributed by atoms with Crippen molar-refractivity contribution in [2.24, 2.45) is 11.3 Å². The first kappa shape index (κ1) is 20.5. The first-order valence-corrected chi connectivity index (χ1v) is 8.72. The largest absolute Gasteiger partial charge is 0.481 e. The fourth-order valence-electron chi connectivity index (χ4n) is 3.42. The van der Waals surface area contributed by atoms with E-state index in [1.807, 2.05) is 0 Å². The maximum Gasteiger partial charge on any atom is 0.336 e. The van der Waals surface area contributed by atoms with E-state index in [1.54, 1.807) is 42.5 Å². The summed E-state index contributed by atoms with van der Waals surface area (Å²) in [6.07, 6.45) is 3.02. The monoisotopic (exact) mass is 408 g/mol. The van der Waals surface area contributed by atoms with Crippen molar-refractivity contribution < 1.29 is 39.6 Å². The number of carboxylic acid groups (broad SMARTS) is 4. The van der Waals surface area contributed by atoms with E-state index in [1.165, 1.54) is 12.1 Å². The average Bonchev–Trinajstić information content (AvgIpc) is 2.73. The van der Waals surface area contributed by atoms with Crippen LogP contribution in [0.25, 0.3) is 16.7 Å². The lowest BCUT2D eigenvalue weighted by atomic mass is 9.70. The van der Waals surface area contributed by atoms with Gasteiger partial charge < -0.3 is 20.4 Å². The Balaban J connectivity index is 2.13. The van der Waals surface area contributed by atoms with Crippen LogP contribution in [0.1, 0.15) is 15.9 Å². The molecule has 0 saturated carbocycles. The molecule has 152 valence electrons. The molecule has 0 spiro atoms. The molecule has 1 aliphatic rings. The highest BCUT2D eigenvalue weighted by Gasteiger charge is 2.55. The summed E-state index contributed by atoms with van der Waals surface area (Å²) in [6.45, 7) is 0. The molecule has 0 aromatic heterocycles. The zero-order valence-corrected chi connectivity index (χ0v) is 15.4. The number of carbonyl (C=O) groups is 4. The van der Waals surface area contributed by atoms with E-state index in [-0.39, 0.29) is 11.1 Å². The molecule has 30 heavy (non-hydrogen) atoms. The number of aliphatic carboxylic acids is 3. The van der Waals surface area contributed by atoms with E-state index in [0.29, 0.717) is 16.7 Å². The Morgan fingerprint density at radius 3 is 1.97 bits per heavy atom. The van der Waals surface area contributed by atoms with E-state index < -0.39 is 35.2 Å². The molecule has 8 heteroatoms. The van der Waals surface area contributed by atoms with Gasteiger partial charge in [-0.05, 0) is 28.3 Å². The van der Waals surface area contributed by atoms with Crippen LogP contribution >= 0.6 is 0 Å². The third-order valence-corrected chi connectivity index (χ3v) is 5.00. The number of rotatable bonds is 6. The van der Waals surface area contributed by atoms with Gasteiger partial charge in [0.25, 0.3) is 0 Å². The molecular weight excluding hydrogens is 392 g/mol. The number of allylic oxidation sites excluding steroid dienone is 2. The number of hydrogen-bond donors (Lipinski definition) is 4. The SMILES string of the molecule is O=C(O)c1cc(C2=CC(C(=O)O)C(C(=O)O)(C(=O)O)C=C2)ccc1-c1ccccc1. The van der Waals surface area contributed by atoms with Crippen molar-refractivity contribution >= 4 is 29.5 Å². The molecule has 1 unspecified atom stereocenters. The summed E-state index contributed by atoms with van der Waals surface area (Å²) in [5.41, 5.74) is -1.04. The van der Waals surface area contributed by atoms with Gasteiger partial charge in [-0.2, -0.15) is 0 Å². The van der Waals surface area contributed by atoms with Gasteiger partial charge in [0.15, 0.2) is 5.41 Å². The number of carboxylic acids is 4. The lowest BCUT2D eigenvalue weighted by Crippen LogP contribution is -2.47. The molecule has 0 bridgehead atoms. The zero-order valence-electron chi connectivity index (χ0n) is 15.4. The van der Waals surface area contributed by atoms with Crippen molar-refractivity contribution in [1.82, 2.24) is 0 Å². The maximum absolute atomic E-state index is 11.8. The summed E-state index contributed by atoms with van der Waals surface area (Å²) < 4.78 is 0. The van der Waals surface area contributed by atoms with Crippen molar-refractivity contribution in [3.63, 3.8) is 0 Å². The van der Waals surface area contributed by atoms with Gasteiger partial charge in [0, 0.05) is 0 Å². The molecule has 0 aliphatic heterocycles. The van der Waals surface area contributed by atoms with Crippen LogP contribution in [0.5, 0.6) is 0 Å². The first-order chi connectivity index (χ1) is 14.2. The zero-order chi connectivity index (χ0) is 22.1. The summed E-state index contributed by atoms with van der Waals surface area (Å²) in [6, 6.07) is 13.3. The molecule has 2 aromatic carbocycles. The van der Waals surface area contributed by atoms with Crippen molar-refractivity contribution in [3.05, 3.63) is 77.9 Å². The van der Waals surface area contributed by atoms with E-state index in [9.17, 15) is 39.6 Å². The van der Waals surface area contributed by atoms with Gasteiger partial charge in [0.1, 0.15) is 5.92 Å². The van der Waals surface area contributed by atoms with Crippen LogP contribution in [0.4, 0.5) is 0 Å². The molecule has 2 aromatic rings. The van der Waals surface area contributed by atoms with Gasteiger partial charge in [-0.25, -0.2) is 4.79 Å². The molecule has 0 radical (unpaired) electrons. The Kier molecular flexibility index (Phi) is 5.25. The van der Waals surface area contributed by atoms with Crippen LogP contribution in [0.3, 0.4) is 0 Å². The molecule has 0 fully saturated rings. The predicted octanol–water partition coefficient (Wildman–Crippen LogP) is 2.86. The molecule has 1 aliphatic carbocycles. The lowest BCUT2D eigenvalue weighted by molar-refractivity contribution is -0.169. The Labute approximate surface area is 170 Å². The third-order valence-electron chi connectivity index (χ3n) is 5.00. The summed E-state index contributed by atoms with van der Waals surface area (Å²) in [5.74, 6) is -8.31. The number of aromatic carboxylic acids is 1. The minimum absolute atomic E-state index is 0.0341. The summed E-state index contributed by atoms with van der Waals surface area (Å²) in [5, 5.41) is 37.9. The molecule has 0 heterocycles. The second-order valence-corrected chi connectivity index (χ2v) is 6.68. The predicted molar refractivity (Wildman–Crippen MR) is 105 cm³/mol. The fourth-order valence-corrected chi connectivity index (χ4v) is 3.42. The summed E-state index contributed by atoms with van der Waals surface area (Å²) in [7, 11) is 0.